The highest BCUT2D eigenvalue weighted by atomic mass is 16.4. The average molecular weight is 347 g/mol. The quantitative estimate of drug-likeness (QED) is 0.306. The molecule has 4 rings (SSSR count). The van der Waals surface area contributed by atoms with Crippen molar-refractivity contribution in [2.24, 2.45) is 0 Å². The Morgan fingerprint density at radius 1 is 0.500 bits per heavy atom. The normalized spacial score (nSPS) is 11.2. The molecule has 4 aromatic rings. The van der Waals surface area contributed by atoms with Gasteiger partial charge in [0.1, 0.15) is 39.2 Å². The summed E-state index contributed by atoms with van der Waals surface area (Å²) in [5.41, 5.74) is 2.55. The average Bonchev–Trinajstić information content (AvgIpc) is 2.70. The largest absolute Gasteiger partial charge is 0.489 e. The summed E-state index contributed by atoms with van der Waals surface area (Å²) in [6, 6.07) is 14.7. The van der Waals surface area contributed by atoms with Crippen molar-refractivity contribution in [3.63, 3.8) is 0 Å². The second-order valence-electron chi connectivity index (χ2n) is 6.70. The third-order valence-electron chi connectivity index (χ3n) is 5.18. The van der Waals surface area contributed by atoms with Crippen molar-refractivity contribution in [2.45, 2.75) is 0 Å². The van der Waals surface area contributed by atoms with Gasteiger partial charge >= 0.3 is 7.12 Å². The number of hydrogen-bond acceptors (Lipinski definition) is 2. The number of hydrogen-bond donors (Lipinski definition) is 2. The highest BCUT2D eigenvalue weighted by Crippen LogP contribution is 2.33. The topological polar surface area (TPSA) is 40.5 Å². The first-order chi connectivity index (χ1) is 13.3. The van der Waals surface area contributed by atoms with Gasteiger partial charge in [0.05, 0.1) is 0 Å². The SMILES string of the molecule is [B]c1c([B])c([B])c(-c2c3ccccc3c(B(O)O)c3ccccc23)c([B])c1[B]. The van der Waals surface area contributed by atoms with Crippen molar-refractivity contribution >= 4 is 101 Å². The van der Waals surface area contributed by atoms with Crippen LogP contribution in [-0.4, -0.2) is 56.4 Å². The first kappa shape index (κ1) is 19.0. The van der Waals surface area contributed by atoms with E-state index < -0.39 is 7.12 Å². The maximum absolute atomic E-state index is 10.1. The molecule has 8 heteroatoms. The Labute approximate surface area is 170 Å². The summed E-state index contributed by atoms with van der Waals surface area (Å²) in [6.07, 6.45) is 0. The van der Waals surface area contributed by atoms with Gasteiger partial charge in [-0.25, -0.2) is 0 Å². The molecular weight excluding hydrogens is 337 g/mol. The molecule has 2 N–H and O–H groups in total. The van der Waals surface area contributed by atoms with Crippen LogP contribution in [0.3, 0.4) is 0 Å². The lowest BCUT2D eigenvalue weighted by molar-refractivity contribution is 0.426. The fourth-order valence-corrected chi connectivity index (χ4v) is 3.83. The molecule has 0 aliphatic heterocycles. The van der Waals surface area contributed by atoms with Crippen LogP contribution < -0.4 is 32.8 Å². The summed E-state index contributed by atoms with van der Waals surface area (Å²) >= 11 is 0. The Morgan fingerprint density at radius 2 is 0.857 bits per heavy atom. The van der Waals surface area contributed by atoms with Gasteiger partial charge in [0.15, 0.2) is 0 Å². The van der Waals surface area contributed by atoms with Crippen molar-refractivity contribution in [2.75, 3.05) is 0 Å². The summed E-state index contributed by atoms with van der Waals surface area (Å²) in [5, 5.41) is 22.9. The van der Waals surface area contributed by atoms with Crippen LogP contribution >= 0.6 is 0 Å². The predicted molar refractivity (Wildman–Crippen MR) is 124 cm³/mol. The van der Waals surface area contributed by atoms with Crippen LogP contribution in [0.1, 0.15) is 0 Å². The van der Waals surface area contributed by atoms with Gasteiger partial charge in [-0.05, 0) is 38.1 Å². The minimum atomic E-state index is -1.65. The van der Waals surface area contributed by atoms with Crippen molar-refractivity contribution in [3.05, 3.63) is 48.5 Å². The van der Waals surface area contributed by atoms with Gasteiger partial charge in [0, 0.05) is 0 Å². The Hall–Kier alpha value is -2.29. The number of rotatable bonds is 2. The van der Waals surface area contributed by atoms with E-state index in [2.05, 4.69) is 0 Å². The lowest BCUT2D eigenvalue weighted by Crippen LogP contribution is -2.55. The molecule has 0 amide bonds. The minimum absolute atomic E-state index is 0.148. The molecule has 0 aliphatic rings. The van der Waals surface area contributed by atoms with Gasteiger partial charge in [0.2, 0.25) is 0 Å². The van der Waals surface area contributed by atoms with E-state index in [0.717, 1.165) is 10.8 Å². The van der Waals surface area contributed by atoms with Crippen LogP contribution in [-0.2, 0) is 0 Å². The van der Waals surface area contributed by atoms with E-state index in [0.29, 0.717) is 27.4 Å². The molecule has 4 aromatic carbocycles. The lowest BCUT2D eigenvalue weighted by atomic mass is 9.59. The third-order valence-corrected chi connectivity index (χ3v) is 5.18. The van der Waals surface area contributed by atoms with Crippen LogP contribution in [0, 0.1) is 0 Å². The molecule has 0 saturated carbocycles. The van der Waals surface area contributed by atoms with Gasteiger partial charge in [0.25, 0.3) is 0 Å². The molecule has 0 aromatic heterocycles. The summed E-state index contributed by atoms with van der Waals surface area (Å²) in [5.74, 6) is 0. The number of fused-ring (bicyclic) bond motifs is 2. The molecule has 0 atom stereocenters. The summed E-state index contributed by atoms with van der Waals surface area (Å²) in [4.78, 5) is 0. The van der Waals surface area contributed by atoms with E-state index in [1.165, 1.54) is 0 Å². The highest BCUT2D eigenvalue weighted by Gasteiger charge is 2.23. The van der Waals surface area contributed by atoms with E-state index >= 15 is 0 Å². The molecule has 0 heterocycles. The van der Waals surface area contributed by atoms with E-state index in [9.17, 15) is 10.0 Å². The minimum Gasteiger partial charge on any atom is -0.423 e. The highest BCUT2D eigenvalue weighted by molar-refractivity contribution is 6.70. The van der Waals surface area contributed by atoms with Crippen molar-refractivity contribution in [1.29, 1.82) is 0 Å². The van der Waals surface area contributed by atoms with Gasteiger partial charge < -0.3 is 10.0 Å². The molecule has 0 fully saturated rings. The second kappa shape index (κ2) is 6.95. The fraction of sp³-hybridized carbons (Fsp3) is 0. The maximum Gasteiger partial charge on any atom is 0.489 e. The van der Waals surface area contributed by atoms with Gasteiger partial charge in [-0.2, -0.15) is 0 Å². The first-order valence-electron chi connectivity index (χ1n) is 8.65. The Bertz CT molecular complexity index is 1170. The molecule has 0 spiro atoms. The molecular formula is C20H10B6O2. The standard InChI is InChI=1S/C20H10B6O2/c21-15-14(16(22)18(24)19(25)17(15)23)13-9-5-1-3-7-11(9)20(26(27)28)12-8-4-2-6-10(12)13/h1-8,27-28H. The molecule has 120 valence electrons. The Kier molecular flexibility index (Phi) is 4.73. The van der Waals surface area contributed by atoms with Gasteiger partial charge in [-0.15, -0.1) is 16.4 Å². The van der Waals surface area contributed by atoms with Crippen LogP contribution in [0.5, 0.6) is 0 Å². The summed E-state index contributed by atoms with van der Waals surface area (Å²) in [6.45, 7) is 0. The van der Waals surface area contributed by atoms with E-state index in [1.807, 2.05) is 48.5 Å². The van der Waals surface area contributed by atoms with Gasteiger partial charge in [-0.1, -0.05) is 59.5 Å². The number of benzene rings is 4. The van der Waals surface area contributed by atoms with Crippen molar-refractivity contribution in [1.82, 2.24) is 0 Å². The molecule has 0 bridgehead atoms. The monoisotopic (exact) mass is 348 g/mol. The molecule has 0 aliphatic carbocycles. The molecule has 0 saturated heterocycles. The smallest absolute Gasteiger partial charge is 0.423 e. The molecule has 10 radical (unpaired) electrons. The van der Waals surface area contributed by atoms with Crippen molar-refractivity contribution in [3.8, 4) is 11.1 Å². The zero-order valence-electron chi connectivity index (χ0n) is 15.0. The van der Waals surface area contributed by atoms with Crippen LogP contribution in [0.15, 0.2) is 48.5 Å². The van der Waals surface area contributed by atoms with E-state index in [4.69, 9.17) is 39.2 Å². The zero-order chi connectivity index (χ0) is 20.2. The second-order valence-corrected chi connectivity index (χ2v) is 6.70. The molecule has 28 heavy (non-hydrogen) atoms. The lowest BCUT2D eigenvalue weighted by Gasteiger charge is -2.24. The molecule has 2 nitrogen and oxygen atoms in total. The Balaban J connectivity index is 2.32. The summed E-state index contributed by atoms with van der Waals surface area (Å²) < 4.78 is 0. The van der Waals surface area contributed by atoms with Crippen LogP contribution in [0.25, 0.3) is 32.7 Å². The van der Waals surface area contributed by atoms with Gasteiger partial charge in [-0.3, -0.25) is 0 Å². The third kappa shape index (κ3) is 2.67. The van der Waals surface area contributed by atoms with Crippen molar-refractivity contribution < 1.29 is 10.0 Å². The van der Waals surface area contributed by atoms with Crippen LogP contribution in [0.2, 0.25) is 0 Å². The van der Waals surface area contributed by atoms with Crippen LogP contribution in [0.4, 0.5) is 0 Å². The predicted octanol–water partition coefficient (Wildman–Crippen LogP) is -2.69. The van der Waals surface area contributed by atoms with E-state index in [1.54, 1.807) is 0 Å². The fourth-order valence-electron chi connectivity index (χ4n) is 3.83. The Morgan fingerprint density at radius 3 is 1.25 bits per heavy atom. The summed E-state index contributed by atoms with van der Waals surface area (Å²) in [7, 11) is 29.1. The van der Waals surface area contributed by atoms with E-state index in [-0.39, 0.29) is 27.3 Å². The maximum atomic E-state index is 10.1. The first-order valence-corrected chi connectivity index (χ1v) is 8.65. The molecule has 0 unspecified atom stereocenters. The zero-order valence-corrected chi connectivity index (χ0v) is 15.0.